The number of nitrogens with zero attached hydrogens (tertiary/aromatic N) is 4. The smallest absolute Gasteiger partial charge is 0.235 e. The van der Waals surface area contributed by atoms with Gasteiger partial charge in [-0.15, -0.1) is 11.3 Å². The van der Waals surface area contributed by atoms with E-state index < -0.39 is 0 Å². The Bertz CT molecular complexity index is 1050. The van der Waals surface area contributed by atoms with Crippen molar-refractivity contribution in [2.75, 3.05) is 11.1 Å². The van der Waals surface area contributed by atoms with E-state index in [0.717, 1.165) is 22.7 Å². The molecule has 0 radical (unpaired) electrons. The number of aromatic nitrogens is 4. The first-order valence-corrected chi connectivity index (χ1v) is 10.5. The van der Waals surface area contributed by atoms with E-state index in [1.807, 2.05) is 35.7 Å². The van der Waals surface area contributed by atoms with Crippen LogP contribution in [0.2, 0.25) is 0 Å². The summed E-state index contributed by atoms with van der Waals surface area (Å²) < 4.78 is 3.93. The largest absolute Gasteiger partial charge is 0.319 e. The number of nitrogens with one attached hydrogen (secondary N) is 1. The number of carbonyl (C=O) groups excluding carboxylic acids is 1. The van der Waals surface area contributed by atoms with Crippen molar-refractivity contribution < 1.29 is 4.79 Å². The number of amides is 1. The Morgan fingerprint density at radius 2 is 2.11 bits per heavy atom. The Morgan fingerprint density at radius 3 is 2.93 bits per heavy atom. The number of thioether (sulfide) groups is 1. The van der Waals surface area contributed by atoms with Crippen LogP contribution in [0.5, 0.6) is 0 Å². The van der Waals surface area contributed by atoms with Crippen LogP contribution < -0.4 is 5.32 Å². The first-order valence-electron chi connectivity index (χ1n) is 8.66. The van der Waals surface area contributed by atoms with Gasteiger partial charge in [0.1, 0.15) is 5.82 Å². The SMILES string of the molecule is CCn1c(SCC(=O)Nc2ccnn2Cc2cccs2)nc2ccccc21. The Balaban J connectivity index is 1.42. The molecule has 138 valence electrons. The molecular weight excluding hydrogens is 378 g/mol. The van der Waals surface area contributed by atoms with Gasteiger partial charge in [-0.2, -0.15) is 5.10 Å². The third kappa shape index (κ3) is 3.91. The number of rotatable bonds is 7. The van der Waals surface area contributed by atoms with Gasteiger partial charge >= 0.3 is 0 Å². The zero-order valence-electron chi connectivity index (χ0n) is 14.8. The van der Waals surface area contributed by atoms with E-state index >= 15 is 0 Å². The van der Waals surface area contributed by atoms with Gasteiger partial charge in [-0.3, -0.25) is 4.79 Å². The number of para-hydroxylation sites is 2. The molecule has 6 nitrogen and oxygen atoms in total. The Hall–Kier alpha value is -2.58. The van der Waals surface area contributed by atoms with Crippen LogP contribution in [0.15, 0.2) is 59.2 Å². The average Bonchev–Trinajstić information content (AvgIpc) is 3.41. The molecular formula is C19H19N5OS2. The molecule has 0 unspecified atom stereocenters. The molecule has 1 N–H and O–H groups in total. The number of anilines is 1. The number of carbonyl (C=O) groups is 1. The lowest BCUT2D eigenvalue weighted by molar-refractivity contribution is -0.113. The lowest BCUT2D eigenvalue weighted by atomic mass is 10.3. The lowest BCUT2D eigenvalue weighted by Gasteiger charge is -2.08. The molecule has 0 saturated heterocycles. The maximum absolute atomic E-state index is 12.4. The summed E-state index contributed by atoms with van der Waals surface area (Å²) in [5.41, 5.74) is 2.05. The van der Waals surface area contributed by atoms with E-state index in [1.54, 1.807) is 22.2 Å². The highest BCUT2D eigenvalue weighted by atomic mass is 32.2. The maximum atomic E-state index is 12.4. The van der Waals surface area contributed by atoms with E-state index in [9.17, 15) is 4.79 Å². The molecule has 0 fully saturated rings. The standard InChI is InChI=1S/C19H19N5OS2/c1-2-23-16-8-4-3-7-15(16)21-19(23)27-13-18(25)22-17-9-10-20-24(17)12-14-6-5-11-26-14/h3-11H,2,12-13H2,1H3,(H,22,25). The monoisotopic (exact) mass is 397 g/mol. The molecule has 0 spiro atoms. The number of thiophene rings is 1. The average molecular weight is 398 g/mol. The fourth-order valence-electron chi connectivity index (χ4n) is 2.89. The topological polar surface area (TPSA) is 64.7 Å². The lowest BCUT2D eigenvalue weighted by Crippen LogP contribution is -2.18. The Morgan fingerprint density at radius 1 is 1.22 bits per heavy atom. The van der Waals surface area contributed by atoms with Crippen LogP contribution in [-0.2, 0) is 17.9 Å². The molecule has 1 aromatic carbocycles. The maximum Gasteiger partial charge on any atom is 0.235 e. The van der Waals surface area contributed by atoms with Crippen LogP contribution in [0, 0.1) is 0 Å². The second kappa shape index (κ2) is 7.98. The minimum atomic E-state index is -0.0670. The molecule has 3 heterocycles. The van der Waals surface area contributed by atoms with Gasteiger partial charge in [-0.05, 0) is 30.5 Å². The van der Waals surface area contributed by atoms with Gasteiger partial charge in [0.15, 0.2) is 5.16 Å². The minimum Gasteiger partial charge on any atom is -0.319 e. The third-order valence-electron chi connectivity index (χ3n) is 4.14. The van der Waals surface area contributed by atoms with Crippen molar-refractivity contribution in [2.24, 2.45) is 0 Å². The fraction of sp³-hybridized carbons (Fsp3) is 0.211. The summed E-state index contributed by atoms with van der Waals surface area (Å²) in [6, 6.07) is 13.9. The third-order valence-corrected chi connectivity index (χ3v) is 5.98. The Kier molecular flexibility index (Phi) is 5.26. The second-order valence-corrected chi connectivity index (χ2v) is 7.89. The highest BCUT2D eigenvalue weighted by Crippen LogP contribution is 2.24. The Labute approximate surface area is 165 Å². The molecule has 4 rings (SSSR count). The van der Waals surface area contributed by atoms with Crippen molar-refractivity contribution in [2.45, 2.75) is 25.2 Å². The molecule has 0 aliphatic heterocycles. The number of aryl methyl sites for hydroxylation is 1. The van der Waals surface area contributed by atoms with Crippen molar-refractivity contribution in [3.8, 4) is 0 Å². The van der Waals surface area contributed by atoms with Gasteiger partial charge in [-0.1, -0.05) is 30.0 Å². The van der Waals surface area contributed by atoms with E-state index in [0.29, 0.717) is 18.1 Å². The summed E-state index contributed by atoms with van der Waals surface area (Å²) in [5.74, 6) is 0.939. The van der Waals surface area contributed by atoms with Crippen LogP contribution >= 0.6 is 23.1 Å². The molecule has 1 amide bonds. The van der Waals surface area contributed by atoms with Crippen LogP contribution in [0.1, 0.15) is 11.8 Å². The molecule has 27 heavy (non-hydrogen) atoms. The molecule has 0 atom stereocenters. The van der Waals surface area contributed by atoms with Crippen LogP contribution in [0.4, 0.5) is 5.82 Å². The second-order valence-electron chi connectivity index (χ2n) is 5.92. The quantitative estimate of drug-likeness (QED) is 0.477. The fourth-order valence-corrected chi connectivity index (χ4v) is 4.46. The van der Waals surface area contributed by atoms with E-state index in [4.69, 9.17) is 0 Å². The summed E-state index contributed by atoms with van der Waals surface area (Å²) in [4.78, 5) is 18.3. The molecule has 0 aliphatic rings. The van der Waals surface area contributed by atoms with E-state index in [2.05, 4.69) is 39.0 Å². The number of benzene rings is 1. The zero-order valence-corrected chi connectivity index (χ0v) is 16.5. The molecule has 0 bridgehead atoms. The number of hydrogen-bond acceptors (Lipinski definition) is 5. The highest BCUT2D eigenvalue weighted by Gasteiger charge is 2.13. The van der Waals surface area contributed by atoms with Gasteiger partial charge in [0.05, 0.1) is 29.5 Å². The molecule has 0 saturated carbocycles. The minimum absolute atomic E-state index is 0.0670. The summed E-state index contributed by atoms with van der Waals surface area (Å²) in [6.07, 6.45) is 1.70. The summed E-state index contributed by atoms with van der Waals surface area (Å²) in [7, 11) is 0. The molecule has 0 aliphatic carbocycles. The predicted octanol–water partition coefficient (Wildman–Crippen LogP) is 4.09. The van der Waals surface area contributed by atoms with E-state index in [-0.39, 0.29) is 5.91 Å². The summed E-state index contributed by atoms with van der Waals surface area (Å²) in [6.45, 7) is 3.55. The van der Waals surface area contributed by atoms with Crippen molar-refractivity contribution in [1.29, 1.82) is 0 Å². The van der Waals surface area contributed by atoms with Crippen molar-refractivity contribution in [3.63, 3.8) is 0 Å². The first-order chi connectivity index (χ1) is 13.2. The summed E-state index contributed by atoms with van der Waals surface area (Å²) in [5, 5.41) is 10.2. The van der Waals surface area contributed by atoms with Crippen LogP contribution in [-0.4, -0.2) is 31.0 Å². The number of fused-ring (bicyclic) bond motifs is 1. The molecule has 8 heteroatoms. The van der Waals surface area contributed by atoms with Crippen LogP contribution in [0.25, 0.3) is 11.0 Å². The van der Waals surface area contributed by atoms with Crippen molar-refractivity contribution in [3.05, 3.63) is 58.9 Å². The molecule has 4 aromatic rings. The van der Waals surface area contributed by atoms with Gasteiger partial charge in [-0.25, -0.2) is 9.67 Å². The first kappa shape index (κ1) is 17.8. The van der Waals surface area contributed by atoms with E-state index in [1.165, 1.54) is 16.6 Å². The van der Waals surface area contributed by atoms with Gasteiger partial charge < -0.3 is 9.88 Å². The normalized spacial score (nSPS) is 11.1. The zero-order chi connectivity index (χ0) is 18.6. The predicted molar refractivity (Wildman–Crippen MR) is 110 cm³/mol. The highest BCUT2D eigenvalue weighted by molar-refractivity contribution is 7.99. The number of imidazole rings is 1. The molecule has 3 aromatic heterocycles. The van der Waals surface area contributed by atoms with Gasteiger partial charge in [0, 0.05) is 17.5 Å². The van der Waals surface area contributed by atoms with Crippen molar-refractivity contribution >= 4 is 45.9 Å². The van der Waals surface area contributed by atoms with Crippen LogP contribution in [0.3, 0.4) is 0 Å². The number of hydrogen-bond donors (Lipinski definition) is 1. The van der Waals surface area contributed by atoms with Gasteiger partial charge in [0.25, 0.3) is 0 Å². The van der Waals surface area contributed by atoms with Crippen molar-refractivity contribution in [1.82, 2.24) is 19.3 Å². The van der Waals surface area contributed by atoms with Gasteiger partial charge in [0.2, 0.25) is 5.91 Å². The summed E-state index contributed by atoms with van der Waals surface area (Å²) >= 11 is 3.12.